The Morgan fingerprint density at radius 3 is 1.55 bits per heavy atom. The summed E-state index contributed by atoms with van der Waals surface area (Å²) in [5.41, 5.74) is 5.26. The first-order chi connectivity index (χ1) is 20.1. The Bertz CT molecular complexity index is 752. The van der Waals surface area contributed by atoms with Crippen molar-refractivity contribution in [2.45, 2.75) is 154 Å². The number of hydrogen-bond acceptors (Lipinski definition) is 9. The Morgan fingerprint density at radius 2 is 1.07 bits per heavy atom. The summed E-state index contributed by atoms with van der Waals surface area (Å²) in [5.74, 6) is -2.42. The number of unbranched alkanes of at least 4 members (excludes halogenated alkanes) is 16. The predicted octanol–water partition coefficient (Wildman–Crippen LogP) is 6.83. The molecule has 0 fully saturated rings. The van der Waals surface area contributed by atoms with Crippen molar-refractivity contribution in [1.29, 1.82) is 0 Å². The van der Waals surface area contributed by atoms with E-state index < -0.39 is 51.1 Å². The topological polar surface area (TPSA) is 172 Å². The number of carbonyl (C=O) groups excluding carboxylic acids is 2. The van der Waals surface area contributed by atoms with E-state index in [4.69, 9.17) is 24.8 Å². The average Bonchev–Trinajstić information content (AvgIpc) is 2.95. The minimum Gasteiger partial charge on any atom is -0.480 e. The number of hydrogen-bond donors (Lipinski definition) is 3. The van der Waals surface area contributed by atoms with Gasteiger partial charge < -0.3 is 25.2 Å². The van der Waals surface area contributed by atoms with Gasteiger partial charge in [0.05, 0.1) is 13.2 Å². The molecule has 0 saturated carbocycles. The summed E-state index contributed by atoms with van der Waals surface area (Å²) < 4.78 is 32.0. The summed E-state index contributed by atoms with van der Waals surface area (Å²) in [5, 5.41) is 8.77. The molecule has 0 saturated heterocycles. The zero-order chi connectivity index (χ0) is 31.5. The minimum atomic E-state index is -4.68. The molecule has 0 aromatic rings. The highest BCUT2D eigenvalue weighted by atomic mass is 31.2. The molecule has 0 aliphatic heterocycles. The van der Waals surface area contributed by atoms with E-state index in [9.17, 15) is 23.8 Å². The van der Waals surface area contributed by atoms with E-state index in [-0.39, 0.29) is 19.4 Å². The van der Waals surface area contributed by atoms with Gasteiger partial charge in [-0.15, -0.1) is 0 Å². The summed E-state index contributed by atoms with van der Waals surface area (Å²) in [7, 11) is -4.68. The number of carbonyl (C=O) groups is 3. The van der Waals surface area contributed by atoms with E-state index in [1.807, 2.05) is 6.92 Å². The van der Waals surface area contributed by atoms with Gasteiger partial charge in [0.2, 0.25) is 0 Å². The second-order valence-electron chi connectivity index (χ2n) is 11.0. The number of carboxylic acid groups (broad SMARTS) is 1. The molecule has 3 atom stereocenters. The molecule has 248 valence electrons. The fourth-order valence-corrected chi connectivity index (χ4v) is 5.00. The van der Waals surface area contributed by atoms with Gasteiger partial charge in [0, 0.05) is 12.8 Å². The Kier molecular flexibility index (Phi) is 26.1. The van der Waals surface area contributed by atoms with Crippen LogP contribution < -0.4 is 5.73 Å². The van der Waals surface area contributed by atoms with Crippen LogP contribution in [0.2, 0.25) is 0 Å². The van der Waals surface area contributed by atoms with E-state index in [0.717, 1.165) is 25.7 Å². The molecule has 4 N–H and O–H groups in total. The van der Waals surface area contributed by atoms with Crippen molar-refractivity contribution in [3.8, 4) is 0 Å². The average molecular weight is 624 g/mol. The quantitative estimate of drug-likeness (QED) is 0.0435. The lowest BCUT2D eigenvalue weighted by molar-refractivity contribution is -0.161. The van der Waals surface area contributed by atoms with Gasteiger partial charge in [0.25, 0.3) is 0 Å². The molecule has 0 bridgehead atoms. The van der Waals surface area contributed by atoms with Crippen molar-refractivity contribution in [3.05, 3.63) is 0 Å². The van der Waals surface area contributed by atoms with Crippen LogP contribution >= 0.6 is 7.82 Å². The van der Waals surface area contributed by atoms with Crippen LogP contribution in [0.15, 0.2) is 0 Å². The molecule has 0 aliphatic rings. The number of rotatable bonds is 30. The zero-order valence-electron chi connectivity index (χ0n) is 26.1. The molecule has 42 heavy (non-hydrogen) atoms. The van der Waals surface area contributed by atoms with Gasteiger partial charge >= 0.3 is 25.7 Å². The van der Waals surface area contributed by atoms with Gasteiger partial charge in [-0.1, -0.05) is 117 Å². The number of ether oxygens (including phenoxy) is 2. The van der Waals surface area contributed by atoms with Crippen molar-refractivity contribution in [2.75, 3.05) is 19.8 Å². The molecule has 12 heteroatoms. The number of nitrogens with two attached hydrogens (primary N) is 1. The van der Waals surface area contributed by atoms with Crippen LogP contribution in [0.4, 0.5) is 0 Å². The smallest absolute Gasteiger partial charge is 0.472 e. The second kappa shape index (κ2) is 27.1. The summed E-state index contributed by atoms with van der Waals surface area (Å²) in [6.45, 7) is 2.50. The van der Waals surface area contributed by atoms with E-state index in [1.165, 1.54) is 77.0 Å². The van der Waals surface area contributed by atoms with Crippen LogP contribution in [0.3, 0.4) is 0 Å². The molecule has 0 rings (SSSR count). The molecule has 0 amide bonds. The Balaban J connectivity index is 4.19. The Hall–Kier alpha value is -1.52. The number of phosphoric acid groups is 1. The molecule has 0 radical (unpaired) electrons. The third-order valence-electron chi connectivity index (χ3n) is 6.86. The van der Waals surface area contributed by atoms with Crippen molar-refractivity contribution < 1.29 is 47.5 Å². The van der Waals surface area contributed by atoms with Crippen LogP contribution in [-0.4, -0.2) is 59.9 Å². The summed E-state index contributed by atoms with van der Waals surface area (Å²) in [6, 6.07) is -1.51. The summed E-state index contributed by atoms with van der Waals surface area (Å²) >= 11 is 0. The predicted molar refractivity (Wildman–Crippen MR) is 162 cm³/mol. The first-order valence-corrected chi connectivity index (χ1v) is 17.6. The maximum atomic E-state index is 12.4. The standard InChI is InChI=1S/C30H58NO10P/c1-3-5-7-8-9-10-11-12-13-14-15-16-17-18-19-20-22-29(33)41-26(23-38-28(32)21-6-4-2)24-39-42(36,37)40-25-27(31)30(34)35/h26-27H,3-25,31H2,1-2H3,(H,34,35)(H,36,37). The molecule has 11 nitrogen and oxygen atoms in total. The fourth-order valence-electron chi connectivity index (χ4n) is 4.22. The van der Waals surface area contributed by atoms with Crippen LogP contribution in [-0.2, 0) is 37.5 Å². The molecule has 3 unspecified atom stereocenters. The van der Waals surface area contributed by atoms with Crippen LogP contribution in [0.1, 0.15) is 142 Å². The first-order valence-electron chi connectivity index (χ1n) is 16.1. The van der Waals surface area contributed by atoms with E-state index >= 15 is 0 Å². The van der Waals surface area contributed by atoms with E-state index in [2.05, 4.69) is 11.4 Å². The molecular weight excluding hydrogens is 565 g/mol. The number of aliphatic carboxylic acids is 1. The largest absolute Gasteiger partial charge is 0.480 e. The van der Waals surface area contributed by atoms with Crippen LogP contribution in [0.25, 0.3) is 0 Å². The van der Waals surface area contributed by atoms with Gasteiger partial charge in [-0.3, -0.25) is 23.4 Å². The highest BCUT2D eigenvalue weighted by Crippen LogP contribution is 2.43. The Labute approximate surface area is 253 Å². The molecule has 0 aromatic heterocycles. The van der Waals surface area contributed by atoms with Gasteiger partial charge in [0.1, 0.15) is 12.6 Å². The van der Waals surface area contributed by atoms with Crippen molar-refractivity contribution in [1.82, 2.24) is 0 Å². The fraction of sp³-hybridized carbons (Fsp3) is 0.900. The lowest BCUT2D eigenvalue weighted by Crippen LogP contribution is -2.34. The molecule has 0 aromatic carbocycles. The van der Waals surface area contributed by atoms with Gasteiger partial charge in [-0.05, 0) is 12.8 Å². The lowest BCUT2D eigenvalue weighted by Gasteiger charge is -2.20. The highest BCUT2D eigenvalue weighted by molar-refractivity contribution is 7.47. The van der Waals surface area contributed by atoms with Crippen molar-refractivity contribution >= 4 is 25.7 Å². The van der Waals surface area contributed by atoms with Crippen LogP contribution in [0.5, 0.6) is 0 Å². The Morgan fingerprint density at radius 1 is 0.643 bits per heavy atom. The van der Waals surface area contributed by atoms with Gasteiger partial charge in [0.15, 0.2) is 6.10 Å². The zero-order valence-corrected chi connectivity index (χ0v) is 27.0. The first kappa shape index (κ1) is 40.5. The molecule has 0 aliphatic carbocycles. The minimum absolute atomic E-state index is 0.166. The van der Waals surface area contributed by atoms with Gasteiger partial charge in [-0.25, -0.2) is 4.57 Å². The molecular formula is C30H58NO10P. The SMILES string of the molecule is CCCCCCCCCCCCCCCCCCC(=O)OC(COC(=O)CCCC)COP(=O)(O)OCC(N)C(=O)O. The molecule has 0 spiro atoms. The summed E-state index contributed by atoms with van der Waals surface area (Å²) in [4.78, 5) is 44.8. The van der Waals surface area contributed by atoms with Crippen molar-refractivity contribution in [3.63, 3.8) is 0 Å². The van der Waals surface area contributed by atoms with Crippen molar-refractivity contribution in [2.24, 2.45) is 5.73 Å². The third-order valence-corrected chi connectivity index (χ3v) is 7.81. The maximum absolute atomic E-state index is 12.4. The van der Waals surface area contributed by atoms with E-state index in [1.54, 1.807) is 0 Å². The second-order valence-corrected chi connectivity index (χ2v) is 12.4. The van der Waals surface area contributed by atoms with E-state index in [0.29, 0.717) is 12.8 Å². The monoisotopic (exact) mass is 623 g/mol. The highest BCUT2D eigenvalue weighted by Gasteiger charge is 2.28. The number of esters is 2. The van der Waals surface area contributed by atoms with Crippen LogP contribution in [0, 0.1) is 0 Å². The normalized spacial score (nSPS) is 14.2. The van der Waals surface area contributed by atoms with Gasteiger partial charge in [-0.2, -0.15) is 0 Å². The maximum Gasteiger partial charge on any atom is 0.472 e. The lowest BCUT2D eigenvalue weighted by atomic mass is 10.0. The summed E-state index contributed by atoms with van der Waals surface area (Å²) in [6.07, 6.45) is 20.3. The third kappa shape index (κ3) is 26.1. The molecule has 0 heterocycles. The number of carboxylic acids is 1. The number of phosphoric ester groups is 1.